The van der Waals surface area contributed by atoms with E-state index in [1.807, 2.05) is 31.3 Å². The Morgan fingerprint density at radius 1 is 1.45 bits per heavy atom. The number of sulfone groups is 1. The minimum Gasteiger partial charge on any atom is -0.342 e. The Bertz CT molecular complexity index is 598. The molecule has 1 amide bonds. The molecule has 1 aromatic rings. The van der Waals surface area contributed by atoms with E-state index in [-0.39, 0.29) is 36.0 Å². The third kappa shape index (κ3) is 4.54. The van der Waals surface area contributed by atoms with Gasteiger partial charge in [0.15, 0.2) is 9.84 Å². The molecule has 1 aliphatic heterocycles. The Morgan fingerprint density at radius 2 is 2.18 bits per heavy atom. The number of hydrogen-bond acceptors (Lipinski definition) is 5. The van der Waals surface area contributed by atoms with Crippen molar-refractivity contribution in [2.24, 2.45) is 0 Å². The van der Waals surface area contributed by atoms with E-state index in [1.165, 1.54) is 5.56 Å². The fourth-order valence-corrected chi connectivity index (χ4v) is 5.20. The standard InChI is InChI=1S/C15H24N2O3S2/c1-12(8-13-4-6-21-10-13)17(3)15(18)9-16(2)14-5-7-22(19,20)11-14/h4,6,10,12,14H,5,7-9,11H2,1-3H3/t12-,14-/m1/s1. The molecule has 0 radical (unpaired) electrons. The maximum atomic E-state index is 12.4. The van der Waals surface area contributed by atoms with E-state index < -0.39 is 9.84 Å². The van der Waals surface area contributed by atoms with Crippen molar-refractivity contribution >= 4 is 27.1 Å². The van der Waals surface area contributed by atoms with Crippen LogP contribution < -0.4 is 0 Å². The molecule has 22 heavy (non-hydrogen) atoms. The van der Waals surface area contributed by atoms with Gasteiger partial charge in [0, 0.05) is 19.1 Å². The van der Waals surface area contributed by atoms with Crippen LogP contribution >= 0.6 is 11.3 Å². The van der Waals surface area contributed by atoms with Crippen molar-refractivity contribution < 1.29 is 13.2 Å². The largest absolute Gasteiger partial charge is 0.342 e. The van der Waals surface area contributed by atoms with Gasteiger partial charge in [-0.15, -0.1) is 0 Å². The van der Waals surface area contributed by atoms with Crippen molar-refractivity contribution in [2.75, 3.05) is 32.1 Å². The van der Waals surface area contributed by atoms with E-state index in [1.54, 1.807) is 16.2 Å². The van der Waals surface area contributed by atoms with Crippen LogP contribution in [0.15, 0.2) is 16.8 Å². The predicted octanol–water partition coefficient (Wildman–Crippen LogP) is 1.26. The van der Waals surface area contributed by atoms with Gasteiger partial charge in [0.1, 0.15) is 0 Å². The monoisotopic (exact) mass is 344 g/mol. The molecule has 0 bridgehead atoms. The number of amides is 1. The molecule has 0 N–H and O–H groups in total. The van der Waals surface area contributed by atoms with E-state index >= 15 is 0 Å². The molecule has 7 heteroatoms. The summed E-state index contributed by atoms with van der Waals surface area (Å²) < 4.78 is 23.1. The molecule has 2 heterocycles. The first-order valence-electron chi connectivity index (χ1n) is 7.46. The first-order valence-corrected chi connectivity index (χ1v) is 10.2. The van der Waals surface area contributed by atoms with Crippen LogP contribution in [-0.2, 0) is 21.1 Å². The number of likely N-dealkylation sites (N-methyl/N-ethyl adjacent to an activating group) is 2. The zero-order chi connectivity index (χ0) is 16.3. The lowest BCUT2D eigenvalue weighted by molar-refractivity contribution is -0.133. The summed E-state index contributed by atoms with van der Waals surface area (Å²) in [5.41, 5.74) is 1.24. The normalized spacial score (nSPS) is 21.9. The van der Waals surface area contributed by atoms with Crippen molar-refractivity contribution in [2.45, 2.75) is 31.8 Å². The number of thiophene rings is 1. The molecule has 1 fully saturated rings. The molecular formula is C15H24N2O3S2. The summed E-state index contributed by atoms with van der Waals surface area (Å²) in [6.45, 7) is 2.31. The van der Waals surface area contributed by atoms with E-state index in [0.717, 1.165) is 6.42 Å². The number of nitrogens with zero attached hydrogens (tertiary/aromatic N) is 2. The lowest BCUT2D eigenvalue weighted by Crippen LogP contribution is -2.45. The van der Waals surface area contributed by atoms with Crippen LogP contribution in [-0.4, -0.2) is 68.4 Å². The Labute approximate surface area is 136 Å². The Morgan fingerprint density at radius 3 is 2.73 bits per heavy atom. The molecule has 0 spiro atoms. The van der Waals surface area contributed by atoms with Gasteiger partial charge in [-0.3, -0.25) is 9.69 Å². The second-order valence-electron chi connectivity index (χ2n) is 6.16. The number of carbonyl (C=O) groups is 1. The summed E-state index contributed by atoms with van der Waals surface area (Å²) in [5, 5.41) is 4.14. The Kier molecular flexibility index (Phi) is 5.63. The average molecular weight is 345 g/mol. The van der Waals surface area contributed by atoms with Gasteiger partial charge < -0.3 is 4.90 Å². The molecule has 2 atom stereocenters. The second kappa shape index (κ2) is 7.10. The van der Waals surface area contributed by atoms with Crippen LogP contribution in [0.3, 0.4) is 0 Å². The average Bonchev–Trinajstić information content (AvgIpc) is 3.06. The van der Waals surface area contributed by atoms with Gasteiger partial charge in [-0.2, -0.15) is 11.3 Å². The van der Waals surface area contributed by atoms with Gasteiger partial charge in [-0.25, -0.2) is 8.42 Å². The lowest BCUT2D eigenvalue weighted by atomic mass is 10.1. The highest BCUT2D eigenvalue weighted by Crippen LogP contribution is 2.17. The highest BCUT2D eigenvalue weighted by atomic mass is 32.2. The highest BCUT2D eigenvalue weighted by Gasteiger charge is 2.31. The smallest absolute Gasteiger partial charge is 0.236 e. The molecule has 0 aliphatic carbocycles. The zero-order valence-corrected chi connectivity index (χ0v) is 15.0. The van der Waals surface area contributed by atoms with Crippen LogP contribution in [0.25, 0.3) is 0 Å². The fraction of sp³-hybridized carbons (Fsp3) is 0.667. The maximum Gasteiger partial charge on any atom is 0.236 e. The quantitative estimate of drug-likeness (QED) is 0.779. The minimum atomic E-state index is -2.91. The van der Waals surface area contributed by atoms with Gasteiger partial charge in [0.2, 0.25) is 5.91 Å². The topological polar surface area (TPSA) is 57.7 Å². The van der Waals surface area contributed by atoms with E-state index in [9.17, 15) is 13.2 Å². The van der Waals surface area contributed by atoms with Gasteiger partial charge in [-0.1, -0.05) is 0 Å². The molecule has 1 saturated heterocycles. The van der Waals surface area contributed by atoms with E-state index in [0.29, 0.717) is 6.42 Å². The Hall–Kier alpha value is -0.920. The van der Waals surface area contributed by atoms with Crippen LogP contribution in [0.2, 0.25) is 0 Å². The van der Waals surface area contributed by atoms with Crippen molar-refractivity contribution in [1.29, 1.82) is 0 Å². The highest BCUT2D eigenvalue weighted by molar-refractivity contribution is 7.91. The first kappa shape index (κ1) is 17.4. The van der Waals surface area contributed by atoms with Crippen LogP contribution in [0.4, 0.5) is 0 Å². The molecule has 124 valence electrons. The molecule has 2 rings (SSSR count). The van der Waals surface area contributed by atoms with Gasteiger partial charge in [0.25, 0.3) is 0 Å². The Balaban J connectivity index is 1.85. The number of rotatable bonds is 6. The lowest BCUT2D eigenvalue weighted by Gasteiger charge is -2.29. The third-order valence-electron chi connectivity index (χ3n) is 4.38. The maximum absolute atomic E-state index is 12.4. The predicted molar refractivity (Wildman–Crippen MR) is 89.9 cm³/mol. The molecule has 0 unspecified atom stereocenters. The van der Waals surface area contributed by atoms with Crippen LogP contribution in [0.1, 0.15) is 18.9 Å². The van der Waals surface area contributed by atoms with Crippen molar-refractivity contribution in [1.82, 2.24) is 9.80 Å². The van der Waals surface area contributed by atoms with Crippen molar-refractivity contribution in [3.63, 3.8) is 0 Å². The van der Waals surface area contributed by atoms with E-state index in [4.69, 9.17) is 0 Å². The summed E-state index contributed by atoms with van der Waals surface area (Å²) in [5.74, 6) is 0.445. The second-order valence-corrected chi connectivity index (χ2v) is 9.17. The van der Waals surface area contributed by atoms with Gasteiger partial charge in [0.05, 0.1) is 18.1 Å². The molecule has 1 aromatic heterocycles. The SMILES string of the molecule is C[C@H](Cc1ccsc1)N(C)C(=O)CN(C)[C@@H]1CCS(=O)(=O)C1. The molecule has 0 aromatic carbocycles. The molecule has 0 saturated carbocycles. The molecular weight excluding hydrogens is 320 g/mol. The van der Waals surface area contributed by atoms with Crippen LogP contribution in [0, 0.1) is 0 Å². The van der Waals surface area contributed by atoms with Crippen molar-refractivity contribution in [3.05, 3.63) is 22.4 Å². The van der Waals surface area contributed by atoms with Crippen molar-refractivity contribution in [3.8, 4) is 0 Å². The summed E-state index contributed by atoms with van der Waals surface area (Å²) >= 11 is 1.66. The summed E-state index contributed by atoms with van der Waals surface area (Å²) in [7, 11) is 0.740. The molecule has 5 nitrogen and oxygen atoms in total. The van der Waals surface area contributed by atoms with Crippen LogP contribution in [0.5, 0.6) is 0 Å². The minimum absolute atomic E-state index is 0.0328. The molecule has 1 aliphatic rings. The van der Waals surface area contributed by atoms with Gasteiger partial charge in [-0.05, 0) is 49.2 Å². The van der Waals surface area contributed by atoms with E-state index in [2.05, 4.69) is 11.4 Å². The third-order valence-corrected chi connectivity index (χ3v) is 6.86. The zero-order valence-electron chi connectivity index (χ0n) is 13.4. The summed E-state index contributed by atoms with van der Waals surface area (Å²) in [4.78, 5) is 16.0. The summed E-state index contributed by atoms with van der Waals surface area (Å²) in [6.07, 6.45) is 1.47. The fourth-order valence-electron chi connectivity index (χ4n) is 2.71. The number of hydrogen-bond donors (Lipinski definition) is 0. The first-order chi connectivity index (χ1) is 10.3. The number of carbonyl (C=O) groups excluding carboxylic acids is 1. The van der Waals surface area contributed by atoms with Gasteiger partial charge >= 0.3 is 0 Å². The summed E-state index contributed by atoms with van der Waals surface area (Å²) in [6, 6.07) is 2.17.